The van der Waals surface area contributed by atoms with E-state index in [1.807, 2.05) is 0 Å². The van der Waals surface area contributed by atoms with Crippen molar-refractivity contribution in [3.63, 3.8) is 0 Å². The van der Waals surface area contributed by atoms with E-state index < -0.39 is 4.92 Å². The molecule has 1 atom stereocenters. The molecule has 2 fully saturated rings. The van der Waals surface area contributed by atoms with E-state index in [9.17, 15) is 14.9 Å². The van der Waals surface area contributed by atoms with Crippen LogP contribution in [0.5, 0.6) is 0 Å². The van der Waals surface area contributed by atoms with Gasteiger partial charge < -0.3 is 5.32 Å². The summed E-state index contributed by atoms with van der Waals surface area (Å²) >= 11 is 3.25. The fourth-order valence-corrected chi connectivity index (χ4v) is 3.31. The minimum Gasteiger partial charge on any atom is -0.325 e. The summed E-state index contributed by atoms with van der Waals surface area (Å²) in [6.07, 6.45) is 4.54. The minimum absolute atomic E-state index is 0.00626. The van der Waals surface area contributed by atoms with Gasteiger partial charge in [0.15, 0.2) is 0 Å². The summed E-state index contributed by atoms with van der Waals surface area (Å²) in [4.78, 5) is 22.3. The van der Waals surface area contributed by atoms with Crippen molar-refractivity contribution in [2.75, 3.05) is 5.32 Å². The van der Waals surface area contributed by atoms with E-state index in [0.29, 0.717) is 10.2 Å². The Morgan fingerprint density at radius 2 is 2.21 bits per heavy atom. The second-order valence-corrected chi connectivity index (χ2v) is 6.24. The zero-order valence-electron chi connectivity index (χ0n) is 10.2. The van der Waals surface area contributed by atoms with E-state index in [1.165, 1.54) is 18.6 Å². The number of nitro groups is 1. The summed E-state index contributed by atoms with van der Waals surface area (Å²) in [5, 5.41) is 13.5. The smallest absolute Gasteiger partial charge is 0.270 e. The Kier molecular flexibility index (Phi) is 2.85. The Labute approximate surface area is 118 Å². The van der Waals surface area contributed by atoms with Crippen molar-refractivity contribution in [2.45, 2.75) is 25.7 Å². The molecular weight excluding hydrogens is 312 g/mol. The Morgan fingerprint density at radius 3 is 2.68 bits per heavy atom. The number of hydrogen-bond donors (Lipinski definition) is 1. The first-order valence-corrected chi connectivity index (χ1v) is 7.06. The van der Waals surface area contributed by atoms with Crippen LogP contribution < -0.4 is 5.32 Å². The second kappa shape index (κ2) is 4.30. The van der Waals surface area contributed by atoms with Crippen molar-refractivity contribution in [1.82, 2.24) is 0 Å². The summed E-state index contributed by atoms with van der Waals surface area (Å²) in [6, 6.07) is 4.37. The van der Waals surface area contributed by atoms with Gasteiger partial charge in [0.1, 0.15) is 0 Å². The Morgan fingerprint density at radius 1 is 1.47 bits per heavy atom. The van der Waals surface area contributed by atoms with Crippen molar-refractivity contribution in [2.24, 2.45) is 11.3 Å². The van der Waals surface area contributed by atoms with Gasteiger partial charge in [-0.05, 0) is 46.7 Å². The van der Waals surface area contributed by atoms with Crippen LogP contribution in [0.3, 0.4) is 0 Å². The SMILES string of the molecule is O=C(Nc1ccc([N+](=O)[O-])cc1Br)[C@@H]1CC12CCC2. The first kappa shape index (κ1) is 12.6. The molecule has 19 heavy (non-hydrogen) atoms. The number of amides is 1. The summed E-state index contributed by atoms with van der Waals surface area (Å²) in [7, 11) is 0. The number of benzene rings is 1. The van der Waals surface area contributed by atoms with Gasteiger partial charge in [-0.25, -0.2) is 0 Å². The second-order valence-electron chi connectivity index (χ2n) is 5.38. The summed E-state index contributed by atoms with van der Waals surface area (Å²) in [5.74, 6) is 0.164. The number of rotatable bonds is 3. The molecule has 2 saturated carbocycles. The van der Waals surface area contributed by atoms with Gasteiger partial charge in [0.05, 0.1) is 10.6 Å². The quantitative estimate of drug-likeness (QED) is 0.683. The monoisotopic (exact) mass is 324 g/mol. The molecule has 0 aliphatic heterocycles. The lowest BCUT2D eigenvalue weighted by Crippen LogP contribution is -2.23. The van der Waals surface area contributed by atoms with Gasteiger partial charge in [0.25, 0.3) is 5.69 Å². The lowest BCUT2D eigenvalue weighted by atomic mass is 9.79. The molecule has 1 amide bonds. The maximum Gasteiger partial charge on any atom is 0.270 e. The third kappa shape index (κ3) is 2.14. The van der Waals surface area contributed by atoms with E-state index in [2.05, 4.69) is 21.2 Å². The highest BCUT2D eigenvalue weighted by atomic mass is 79.9. The zero-order chi connectivity index (χ0) is 13.6. The Bertz CT molecular complexity index is 569. The first-order chi connectivity index (χ1) is 9.02. The van der Waals surface area contributed by atoms with Crippen molar-refractivity contribution < 1.29 is 9.72 Å². The number of carbonyl (C=O) groups excluding carboxylic acids is 1. The number of anilines is 1. The molecule has 3 rings (SSSR count). The molecule has 0 heterocycles. The van der Waals surface area contributed by atoms with Crippen molar-refractivity contribution >= 4 is 33.2 Å². The highest BCUT2D eigenvalue weighted by Gasteiger charge is 2.60. The molecule has 0 unspecified atom stereocenters. The average molecular weight is 325 g/mol. The number of halogens is 1. The summed E-state index contributed by atoms with van der Waals surface area (Å²) in [5.41, 5.74) is 0.890. The van der Waals surface area contributed by atoms with Crippen LogP contribution in [-0.2, 0) is 4.79 Å². The van der Waals surface area contributed by atoms with Crippen LogP contribution in [-0.4, -0.2) is 10.8 Å². The number of non-ortho nitro benzene ring substituents is 1. The molecule has 0 aromatic heterocycles. The van der Waals surface area contributed by atoms with Crippen molar-refractivity contribution in [3.8, 4) is 0 Å². The largest absolute Gasteiger partial charge is 0.325 e. The van der Waals surface area contributed by atoms with Gasteiger partial charge in [-0.2, -0.15) is 0 Å². The molecule has 2 aliphatic rings. The van der Waals surface area contributed by atoms with Crippen LogP contribution >= 0.6 is 15.9 Å². The molecular formula is C13H13BrN2O3. The highest BCUT2D eigenvalue weighted by molar-refractivity contribution is 9.10. The molecule has 1 spiro atoms. The lowest BCUT2D eigenvalue weighted by Gasteiger charge is -2.26. The van der Waals surface area contributed by atoms with Crippen LogP contribution in [0.4, 0.5) is 11.4 Å². The maximum absolute atomic E-state index is 12.1. The van der Waals surface area contributed by atoms with Gasteiger partial charge in [0.2, 0.25) is 5.91 Å². The molecule has 100 valence electrons. The molecule has 0 radical (unpaired) electrons. The van der Waals surface area contributed by atoms with Crippen molar-refractivity contribution in [1.29, 1.82) is 0 Å². The predicted octanol–water partition coefficient (Wildman–Crippen LogP) is 3.49. The predicted molar refractivity (Wildman–Crippen MR) is 73.8 cm³/mol. The van der Waals surface area contributed by atoms with Crippen molar-refractivity contribution in [3.05, 3.63) is 32.8 Å². The number of nitro benzene ring substituents is 1. The standard InChI is InChI=1S/C13H13BrN2O3/c14-10-6-8(16(18)19)2-3-11(10)15-12(17)9-7-13(9)4-1-5-13/h2-3,6,9H,1,4-5,7H2,(H,15,17)/t9-/m0/s1. The van der Waals surface area contributed by atoms with E-state index in [0.717, 1.165) is 19.3 Å². The number of carbonyl (C=O) groups is 1. The maximum atomic E-state index is 12.1. The number of nitrogens with zero attached hydrogens (tertiary/aromatic N) is 1. The average Bonchev–Trinajstić information content (AvgIpc) is 3.06. The van der Waals surface area contributed by atoms with Gasteiger partial charge in [-0.1, -0.05) is 6.42 Å². The fourth-order valence-electron chi connectivity index (χ4n) is 2.84. The van der Waals surface area contributed by atoms with E-state index in [1.54, 1.807) is 6.07 Å². The molecule has 6 heteroatoms. The van der Waals surface area contributed by atoms with Crippen LogP contribution in [0.25, 0.3) is 0 Å². The normalized spacial score (nSPS) is 22.7. The Balaban J connectivity index is 1.70. The molecule has 2 aliphatic carbocycles. The molecule has 0 bridgehead atoms. The van der Waals surface area contributed by atoms with Crippen LogP contribution in [0.15, 0.2) is 22.7 Å². The summed E-state index contributed by atoms with van der Waals surface area (Å²) < 4.78 is 0.540. The van der Waals surface area contributed by atoms with Crippen LogP contribution in [0.1, 0.15) is 25.7 Å². The van der Waals surface area contributed by atoms with Gasteiger partial charge in [0, 0.05) is 22.5 Å². The highest BCUT2D eigenvalue weighted by Crippen LogP contribution is 2.65. The number of nitrogens with one attached hydrogen (secondary N) is 1. The molecule has 5 nitrogen and oxygen atoms in total. The van der Waals surface area contributed by atoms with E-state index in [4.69, 9.17) is 0 Å². The van der Waals surface area contributed by atoms with Gasteiger partial charge in [-0.15, -0.1) is 0 Å². The van der Waals surface area contributed by atoms with Crippen LogP contribution in [0, 0.1) is 21.4 Å². The third-order valence-corrected chi connectivity index (χ3v) is 4.93. The molecule has 1 aromatic carbocycles. The zero-order valence-corrected chi connectivity index (χ0v) is 11.8. The van der Waals surface area contributed by atoms with Gasteiger partial charge in [-0.3, -0.25) is 14.9 Å². The van der Waals surface area contributed by atoms with E-state index >= 15 is 0 Å². The fraction of sp³-hybridized carbons (Fsp3) is 0.462. The first-order valence-electron chi connectivity index (χ1n) is 6.27. The lowest BCUT2D eigenvalue weighted by molar-refractivity contribution is -0.384. The Hall–Kier alpha value is -1.43. The molecule has 1 N–H and O–H groups in total. The topological polar surface area (TPSA) is 72.2 Å². The van der Waals surface area contributed by atoms with Crippen LogP contribution in [0.2, 0.25) is 0 Å². The van der Waals surface area contributed by atoms with Gasteiger partial charge >= 0.3 is 0 Å². The molecule has 1 aromatic rings. The van der Waals surface area contributed by atoms with E-state index in [-0.39, 0.29) is 22.9 Å². The number of hydrogen-bond acceptors (Lipinski definition) is 3. The minimum atomic E-state index is -0.458. The molecule has 0 saturated heterocycles. The third-order valence-electron chi connectivity index (χ3n) is 4.28. The summed E-state index contributed by atoms with van der Waals surface area (Å²) in [6.45, 7) is 0.